The summed E-state index contributed by atoms with van der Waals surface area (Å²) in [6, 6.07) is 8.12. The molecule has 0 saturated carbocycles. The number of carboxylic acids is 1. The zero-order valence-electron chi connectivity index (χ0n) is 10.9. The molecular weight excluding hydrogens is 339 g/mol. The SMILES string of the molecule is Cc1ccc(-c2nc3cc(C(=O)O)c(F)cc3[nH]2)cc1Br. The first-order valence-electron chi connectivity index (χ1n) is 6.15. The predicted molar refractivity (Wildman–Crippen MR) is 80.9 cm³/mol. The van der Waals surface area contributed by atoms with Crippen LogP contribution in [-0.4, -0.2) is 21.0 Å². The van der Waals surface area contributed by atoms with Gasteiger partial charge < -0.3 is 10.1 Å². The lowest BCUT2D eigenvalue weighted by Gasteiger charge is -2.00. The summed E-state index contributed by atoms with van der Waals surface area (Å²) in [5, 5.41) is 8.93. The number of hydrogen-bond acceptors (Lipinski definition) is 2. The number of imidazole rings is 1. The Bertz CT molecular complexity index is 873. The summed E-state index contributed by atoms with van der Waals surface area (Å²) in [7, 11) is 0. The second kappa shape index (κ2) is 4.96. The van der Waals surface area contributed by atoms with Gasteiger partial charge in [-0.25, -0.2) is 14.2 Å². The van der Waals surface area contributed by atoms with E-state index in [2.05, 4.69) is 25.9 Å². The summed E-state index contributed by atoms with van der Waals surface area (Å²) in [6.07, 6.45) is 0. The van der Waals surface area contributed by atoms with Gasteiger partial charge in [0.15, 0.2) is 0 Å². The van der Waals surface area contributed by atoms with E-state index in [9.17, 15) is 9.18 Å². The molecule has 0 amide bonds. The molecule has 3 aromatic rings. The fourth-order valence-corrected chi connectivity index (χ4v) is 2.45. The van der Waals surface area contributed by atoms with E-state index < -0.39 is 11.8 Å². The van der Waals surface area contributed by atoms with Gasteiger partial charge in [0.1, 0.15) is 11.6 Å². The number of nitrogens with zero attached hydrogens (tertiary/aromatic N) is 1. The van der Waals surface area contributed by atoms with Gasteiger partial charge in [-0.2, -0.15) is 0 Å². The van der Waals surface area contributed by atoms with Crippen LogP contribution in [0.3, 0.4) is 0 Å². The Hall–Kier alpha value is -2.21. The number of aromatic carboxylic acids is 1. The molecule has 4 nitrogen and oxygen atoms in total. The zero-order chi connectivity index (χ0) is 15.1. The fourth-order valence-electron chi connectivity index (χ4n) is 2.07. The Kier molecular flexibility index (Phi) is 3.25. The van der Waals surface area contributed by atoms with Crippen LogP contribution in [0.2, 0.25) is 0 Å². The summed E-state index contributed by atoms with van der Waals surface area (Å²) < 4.78 is 14.6. The molecule has 0 radical (unpaired) electrons. The Morgan fingerprint density at radius 2 is 2.10 bits per heavy atom. The number of aromatic amines is 1. The molecule has 0 aliphatic carbocycles. The van der Waals surface area contributed by atoms with E-state index in [0.29, 0.717) is 16.9 Å². The van der Waals surface area contributed by atoms with E-state index >= 15 is 0 Å². The van der Waals surface area contributed by atoms with Crippen molar-refractivity contribution in [1.82, 2.24) is 9.97 Å². The standard InChI is InChI=1S/C15H10BrFN2O2/c1-7-2-3-8(4-10(7)16)14-18-12-5-9(15(20)21)11(17)6-13(12)19-14/h2-6H,1H3,(H,18,19)(H,20,21). The van der Waals surface area contributed by atoms with Crippen LogP contribution in [0.4, 0.5) is 4.39 Å². The van der Waals surface area contributed by atoms with E-state index in [4.69, 9.17) is 5.11 Å². The van der Waals surface area contributed by atoms with Crippen LogP contribution in [0.15, 0.2) is 34.8 Å². The average Bonchev–Trinajstić information content (AvgIpc) is 2.83. The molecule has 1 heterocycles. The fraction of sp³-hybridized carbons (Fsp3) is 0.0667. The number of halogens is 2. The van der Waals surface area contributed by atoms with Gasteiger partial charge in [-0.1, -0.05) is 28.1 Å². The summed E-state index contributed by atoms with van der Waals surface area (Å²) in [5.74, 6) is -1.53. The number of aromatic nitrogens is 2. The summed E-state index contributed by atoms with van der Waals surface area (Å²) in [5.41, 5.74) is 2.42. The molecule has 0 saturated heterocycles. The maximum atomic E-state index is 13.7. The van der Waals surface area contributed by atoms with Crippen molar-refractivity contribution in [1.29, 1.82) is 0 Å². The molecule has 21 heavy (non-hydrogen) atoms. The maximum Gasteiger partial charge on any atom is 0.338 e. The minimum atomic E-state index is -1.31. The Labute approximate surface area is 127 Å². The lowest BCUT2D eigenvalue weighted by atomic mass is 10.1. The molecule has 0 aliphatic heterocycles. The van der Waals surface area contributed by atoms with Gasteiger partial charge in [0, 0.05) is 16.1 Å². The van der Waals surface area contributed by atoms with Gasteiger partial charge in [0.25, 0.3) is 0 Å². The van der Waals surface area contributed by atoms with Gasteiger partial charge in [-0.15, -0.1) is 0 Å². The average molecular weight is 349 g/mol. The lowest BCUT2D eigenvalue weighted by molar-refractivity contribution is 0.0692. The lowest BCUT2D eigenvalue weighted by Crippen LogP contribution is -1.99. The Balaban J connectivity index is 2.16. The summed E-state index contributed by atoms with van der Waals surface area (Å²) in [4.78, 5) is 18.3. The molecule has 0 fully saturated rings. The highest BCUT2D eigenvalue weighted by Crippen LogP contribution is 2.26. The van der Waals surface area contributed by atoms with Crippen LogP contribution in [0.1, 0.15) is 15.9 Å². The number of H-pyrrole nitrogens is 1. The second-order valence-corrected chi connectivity index (χ2v) is 5.56. The molecule has 0 unspecified atom stereocenters. The number of benzene rings is 2. The van der Waals surface area contributed by atoms with Gasteiger partial charge in [0.05, 0.1) is 16.6 Å². The van der Waals surface area contributed by atoms with E-state index in [1.165, 1.54) is 6.07 Å². The largest absolute Gasteiger partial charge is 0.478 e. The Morgan fingerprint density at radius 3 is 2.76 bits per heavy atom. The van der Waals surface area contributed by atoms with Crippen molar-refractivity contribution < 1.29 is 14.3 Å². The van der Waals surface area contributed by atoms with Crippen LogP contribution >= 0.6 is 15.9 Å². The second-order valence-electron chi connectivity index (χ2n) is 4.70. The van der Waals surface area contributed by atoms with Crippen LogP contribution < -0.4 is 0 Å². The van der Waals surface area contributed by atoms with Crippen LogP contribution in [-0.2, 0) is 0 Å². The predicted octanol–water partition coefficient (Wildman–Crippen LogP) is 4.14. The third-order valence-electron chi connectivity index (χ3n) is 3.25. The molecule has 106 valence electrons. The Morgan fingerprint density at radius 1 is 1.33 bits per heavy atom. The number of fused-ring (bicyclic) bond motifs is 1. The number of carbonyl (C=O) groups is 1. The third-order valence-corrected chi connectivity index (χ3v) is 4.10. The van der Waals surface area contributed by atoms with Crippen LogP contribution in [0.25, 0.3) is 22.4 Å². The highest BCUT2D eigenvalue weighted by atomic mass is 79.9. The number of nitrogens with one attached hydrogen (secondary N) is 1. The molecule has 1 aromatic heterocycles. The van der Waals surface area contributed by atoms with E-state index in [1.807, 2.05) is 25.1 Å². The highest BCUT2D eigenvalue weighted by Gasteiger charge is 2.14. The number of hydrogen-bond donors (Lipinski definition) is 2. The number of aryl methyl sites for hydroxylation is 1. The van der Waals surface area contributed by atoms with Crippen LogP contribution in [0, 0.1) is 12.7 Å². The normalized spacial score (nSPS) is 11.0. The molecule has 3 rings (SSSR count). The smallest absolute Gasteiger partial charge is 0.338 e. The molecule has 6 heteroatoms. The molecule has 2 N–H and O–H groups in total. The quantitative estimate of drug-likeness (QED) is 0.731. The molecule has 0 aliphatic rings. The topological polar surface area (TPSA) is 66.0 Å². The van der Waals surface area contributed by atoms with Crippen molar-refractivity contribution >= 4 is 32.9 Å². The molecular formula is C15H10BrFN2O2. The minimum Gasteiger partial charge on any atom is -0.478 e. The van der Waals surface area contributed by atoms with Gasteiger partial charge >= 0.3 is 5.97 Å². The first kappa shape index (κ1) is 13.8. The van der Waals surface area contributed by atoms with Crippen molar-refractivity contribution in [3.63, 3.8) is 0 Å². The number of rotatable bonds is 2. The van der Waals surface area contributed by atoms with Crippen molar-refractivity contribution in [2.24, 2.45) is 0 Å². The summed E-state index contributed by atoms with van der Waals surface area (Å²) >= 11 is 3.45. The van der Waals surface area contributed by atoms with Gasteiger partial charge in [0.2, 0.25) is 0 Å². The highest BCUT2D eigenvalue weighted by molar-refractivity contribution is 9.10. The van der Waals surface area contributed by atoms with Crippen LogP contribution in [0.5, 0.6) is 0 Å². The van der Waals surface area contributed by atoms with Crippen molar-refractivity contribution in [2.75, 3.05) is 0 Å². The molecule has 0 bridgehead atoms. The number of carboxylic acid groups (broad SMARTS) is 1. The first-order chi connectivity index (χ1) is 9.95. The van der Waals surface area contributed by atoms with E-state index in [0.717, 1.165) is 21.7 Å². The van der Waals surface area contributed by atoms with E-state index in [1.54, 1.807) is 0 Å². The monoisotopic (exact) mass is 348 g/mol. The van der Waals surface area contributed by atoms with Crippen molar-refractivity contribution in [3.05, 3.63) is 51.7 Å². The molecule has 2 aromatic carbocycles. The van der Waals surface area contributed by atoms with Gasteiger partial charge in [-0.3, -0.25) is 0 Å². The minimum absolute atomic E-state index is 0.384. The zero-order valence-corrected chi connectivity index (χ0v) is 12.5. The molecule has 0 spiro atoms. The van der Waals surface area contributed by atoms with E-state index in [-0.39, 0.29) is 5.56 Å². The maximum absolute atomic E-state index is 13.7. The first-order valence-corrected chi connectivity index (χ1v) is 6.94. The molecule has 0 atom stereocenters. The van der Waals surface area contributed by atoms with Gasteiger partial charge in [-0.05, 0) is 24.6 Å². The van der Waals surface area contributed by atoms with Crippen molar-refractivity contribution in [2.45, 2.75) is 6.92 Å². The van der Waals surface area contributed by atoms with Crippen molar-refractivity contribution in [3.8, 4) is 11.4 Å². The third kappa shape index (κ3) is 2.42. The summed E-state index contributed by atoms with van der Waals surface area (Å²) in [6.45, 7) is 1.97.